The molecular formula is C29H34N2O9. The number of carboxylic acids is 2. The lowest BCUT2D eigenvalue weighted by atomic mass is 9.98. The molecule has 214 valence electrons. The molecule has 2 atom stereocenters. The van der Waals surface area contributed by atoms with E-state index >= 15 is 0 Å². The van der Waals surface area contributed by atoms with Crippen LogP contribution in [0.1, 0.15) is 63.5 Å². The minimum Gasteiger partial charge on any atom is -0.481 e. The monoisotopic (exact) mass is 554 g/mol. The number of ether oxygens (including phenoxy) is 2. The summed E-state index contributed by atoms with van der Waals surface area (Å²) in [4.78, 5) is 60.2. The molecule has 0 radical (unpaired) electrons. The van der Waals surface area contributed by atoms with Crippen LogP contribution in [0.15, 0.2) is 48.5 Å². The summed E-state index contributed by atoms with van der Waals surface area (Å²) in [5.41, 5.74) is 3.30. The van der Waals surface area contributed by atoms with E-state index in [1.165, 1.54) is 0 Å². The van der Waals surface area contributed by atoms with Crippen LogP contribution in [0.5, 0.6) is 0 Å². The second-order valence-corrected chi connectivity index (χ2v) is 10.5. The molecule has 4 N–H and O–H groups in total. The summed E-state index contributed by atoms with van der Waals surface area (Å²) in [6, 6.07) is 13.0. The van der Waals surface area contributed by atoms with Gasteiger partial charge in [0.1, 0.15) is 24.3 Å². The first-order valence-electron chi connectivity index (χ1n) is 12.9. The fourth-order valence-electron chi connectivity index (χ4n) is 4.47. The summed E-state index contributed by atoms with van der Waals surface area (Å²) in [5, 5.41) is 22.8. The Balaban J connectivity index is 1.64. The Morgan fingerprint density at radius 2 is 1.38 bits per heavy atom. The Kier molecular flexibility index (Phi) is 9.87. The van der Waals surface area contributed by atoms with Crippen LogP contribution in [-0.2, 0) is 28.7 Å². The SMILES string of the molecule is CC(C)(C)OC(=O)C(CCC(=O)NC(CCC(=O)O)C(=O)O)NC(=O)OCC1c2ccccc2-c2ccccc21. The summed E-state index contributed by atoms with van der Waals surface area (Å²) < 4.78 is 10.9. The van der Waals surface area contributed by atoms with E-state index < -0.39 is 54.0 Å². The number of carbonyl (C=O) groups excluding carboxylic acids is 3. The number of benzene rings is 2. The molecule has 40 heavy (non-hydrogen) atoms. The highest BCUT2D eigenvalue weighted by Gasteiger charge is 2.31. The molecule has 0 saturated heterocycles. The van der Waals surface area contributed by atoms with Crippen molar-refractivity contribution in [2.75, 3.05) is 6.61 Å². The second kappa shape index (κ2) is 13.1. The summed E-state index contributed by atoms with van der Waals surface area (Å²) in [6.45, 7) is 4.98. The van der Waals surface area contributed by atoms with E-state index in [9.17, 15) is 29.1 Å². The lowest BCUT2D eigenvalue weighted by Crippen LogP contribution is -2.46. The first kappa shape index (κ1) is 30.1. The van der Waals surface area contributed by atoms with Crippen LogP contribution in [0.3, 0.4) is 0 Å². The molecule has 0 bridgehead atoms. The normalized spacial score (nSPS) is 13.8. The van der Waals surface area contributed by atoms with Crippen molar-refractivity contribution >= 4 is 29.9 Å². The zero-order valence-corrected chi connectivity index (χ0v) is 22.6. The number of fused-ring (bicyclic) bond motifs is 3. The number of esters is 1. The predicted molar refractivity (Wildman–Crippen MR) is 144 cm³/mol. The van der Waals surface area contributed by atoms with Crippen LogP contribution in [0.2, 0.25) is 0 Å². The van der Waals surface area contributed by atoms with Crippen LogP contribution in [0, 0.1) is 0 Å². The maximum Gasteiger partial charge on any atom is 0.407 e. The molecule has 0 aliphatic heterocycles. The maximum atomic E-state index is 12.8. The molecule has 0 aromatic heterocycles. The average molecular weight is 555 g/mol. The van der Waals surface area contributed by atoms with Crippen LogP contribution >= 0.6 is 0 Å². The van der Waals surface area contributed by atoms with Crippen molar-refractivity contribution in [3.05, 3.63) is 59.7 Å². The van der Waals surface area contributed by atoms with E-state index in [2.05, 4.69) is 10.6 Å². The van der Waals surface area contributed by atoms with Crippen LogP contribution in [0.4, 0.5) is 4.79 Å². The average Bonchev–Trinajstić information content (AvgIpc) is 3.20. The molecule has 1 aliphatic carbocycles. The van der Waals surface area contributed by atoms with Crippen LogP contribution in [0.25, 0.3) is 11.1 Å². The van der Waals surface area contributed by atoms with Gasteiger partial charge in [0.25, 0.3) is 0 Å². The van der Waals surface area contributed by atoms with Gasteiger partial charge in [-0.1, -0.05) is 48.5 Å². The molecule has 0 heterocycles. The standard InChI is InChI=1S/C29H34N2O9/c1-29(2,3)40-27(37)23(12-14-24(32)30-22(26(35)36)13-15-25(33)34)31-28(38)39-16-21-19-10-6-4-8-17(19)18-9-5-7-11-20(18)21/h4-11,21-23H,12-16H2,1-3H3,(H,30,32)(H,31,38)(H,33,34)(H,35,36). The van der Waals surface area contributed by atoms with Crippen molar-refractivity contribution in [3.8, 4) is 11.1 Å². The Morgan fingerprint density at radius 1 is 0.825 bits per heavy atom. The van der Waals surface area contributed by atoms with Gasteiger partial charge in [-0.05, 0) is 55.9 Å². The molecule has 11 nitrogen and oxygen atoms in total. The molecule has 2 amide bonds. The Bertz CT molecular complexity index is 1220. The Hall–Kier alpha value is -4.41. The predicted octanol–water partition coefficient (Wildman–Crippen LogP) is 3.45. The highest BCUT2D eigenvalue weighted by molar-refractivity contribution is 5.86. The first-order chi connectivity index (χ1) is 18.9. The van der Waals surface area contributed by atoms with Gasteiger partial charge in [0.05, 0.1) is 0 Å². The van der Waals surface area contributed by atoms with Crippen molar-refractivity contribution in [2.45, 2.75) is 70.1 Å². The highest BCUT2D eigenvalue weighted by atomic mass is 16.6. The van der Waals surface area contributed by atoms with Gasteiger partial charge in [-0.3, -0.25) is 9.59 Å². The van der Waals surface area contributed by atoms with E-state index in [0.29, 0.717) is 0 Å². The summed E-state index contributed by atoms with van der Waals surface area (Å²) in [7, 11) is 0. The minimum absolute atomic E-state index is 0.0191. The number of alkyl carbamates (subject to hydrolysis) is 1. The van der Waals surface area contributed by atoms with Crippen molar-refractivity contribution < 1.29 is 43.7 Å². The molecular weight excluding hydrogens is 520 g/mol. The molecule has 2 aromatic rings. The van der Waals surface area contributed by atoms with Gasteiger partial charge in [0.15, 0.2) is 0 Å². The molecule has 2 unspecified atom stereocenters. The minimum atomic E-state index is -1.40. The molecule has 11 heteroatoms. The number of aliphatic carboxylic acids is 2. The number of rotatable bonds is 12. The Morgan fingerprint density at radius 3 is 1.90 bits per heavy atom. The summed E-state index contributed by atoms with van der Waals surface area (Å²) >= 11 is 0. The number of nitrogens with one attached hydrogen (secondary N) is 2. The van der Waals surface area contributed by atoms with E-state index in [-0.39, 0.29) is 31.8 Å². The first-order valence-corrected chi connectivity index (χ1v) is 12.9. The Labute approximate surface area is 231 Å². The number of carboxylic acid groups (broad SMARTS) is 2. The van der Waals surface area contributed by atoms with Gasteiger partial charge >= 0.3 is 24.0 Å². The largest absolute Gasteiger partial charge is 0.481 e. The van der Waals surface area contributed by atoms with Gasteiger partial charge in [-0.15, -0.1) is 0 Å². The fourth-order valence-corrected chi connectivity index (χ4v) is 4.47. The molecule has 0 spiro atoms. The molecule has 2 aromatic carbocycles. The third kappa shape index (κ3) is 8.29. The molecule has 1 aliphatic rings. The number of hydrogen-bond donors (Lipinski definition) is 4. The zero-order valence-electron chi connectivity index (χ0n) is 22.6. The second-order valence-electron chi connectivity index (χ2n) is 10.5. The van der Waals surface area contributed by atoms with E-state index in [1.807, 2.05) is 48.5 Å². The van der Waals surface area contributed by atoms with E-state index in [4.69, 9.17) is 14.6 Å². The fraction of sp³-hybridized carbons (Fsp3) is 0.414. The third-order valence-corrected chi connectivity index (χ3v) is 6.27. The zero-order chi connectivity index (χ0) is 29.4. The number of carbonyl (C=O) groups is 5. The van der Waals surface area contributed by atoms with E-state index in [1.54, 1.807) is 20.8 Å². The van der Waals surface area contributed by atoms with Crippen molar-refractivity contribution in [2.24, 2.45) is 0 Å². The van der Waals surface area contributed by atoms with Gasteiger partial charge in [0.2, 0.25) is 5.91 Å². The maximum absolute atomic E-state index is 12.8. The van der Waals surface area contributed by atoms with Crippen LogP contribution < -0.4 is 10.6 Å². The highest BCUT2D eigenvalue weighted by Crippen LogP contribution is 2.44. The van der Waals surface area contributed by atoms with E-state index in [0.717, 1.165) is 22.3 Å². The van der Waals surface area contributed by atoms with Crippen molar-refractivity contribution in [3.63, 3.8) is 0 Å². The van der Waals surface area contributed by atoms with Crippen molar-refractivity contribution in [1.82, 2.24) is 10.6 Å². The van der Waals surface area contributed by atoms with Gasteiger partial charge in [-0.2, -0.15) is 0 Å². The van der Waals surface area contributed by atoms with Gasteiger partial charge < -0.3 is 30.3 Å². The molecule has 3 rings (SSSR count). The van der Waals surface area contributed by atoms with Crippen LogP contribution in [-0.4, -0.2) is 64.4 Å². The van der Waals surface area contributed by atoms with Gasteiger partial charge in [-0.25, -0.2) is 14.4 Å². The molecule has 0 fully saturated rings. The number of hydrogen-bond acceptors (Lipinski definition) is 7. The van der Waals surface area contributed by atoms with Gasteiger partial charge in [0, 0.05) is 18.8 Å². The smallest absolute Gasteiger partial charge is 0.407 e. The lowest BCUT2D eigenvalue weighted by Gasteiger charge is -2.25. The third-order valence-electron chi connectivity index (χ3n) is 6.27. The van der Waals surface area contributed by atoms with Crippen molar-refractivity contribution in [1.29, 1.82) is 0 Å². The topological polar surface area (TPSA) is 168 Å². The quantitative estimate of drug-likeness (QED) is 0.287. The summed E-state index contributed by atoms with van der Waals surface area (Å²) in [5.74, 6) is -4.27. The summed E-state index contributed by atoms with van der Waals surface area (Å²) in [6.07, 6.45) is -2.14. The lowest BCUT2D eigenvalue weighted by molar-refractivity contribution is -0.157. The number of amides is 2. The molecule has 0 saturated carbocycles.